The zero-order valence-electron chi connectivity index (χ0n) is 7.48. The van der Waals surface area contributed by atoms with Crippen LogP contribution in [0.25, 0.3) is 0 Å². The van der Waals surface area contributed by atoms with Gasteiger partial charge in [0, 0.05) is 0 Å². The molecule has 0 amide bonds. The Labute approximate surface area is 84.4 Å². The van der Waals surface area contributed by atoms with E-state index in [0.29, 0.717) is 4.73 Å². The number of pyridine rings is 1. The van der Waals surface area contributed by atoms with E-state index in [2.05, 4.69) is 0 Å². The summed E-state index contributed by atoms with van der Waals surface area (Å²) < 4.78 is 5.02. The summed E-state index contributed by atoms with van der Waals surface area (Å²) in [6.07, 6.45) is 0.924. The van der Waals surface area contributed by atoms with Crippen molar-refractivity contribution in [3.63, 3.8) is 0 Å². The van der Waals surface area contributed by atoms with Crippen molar-refractivity contribution >= 4 is 17.3 Å². The molecule has 1 rings (SSSR count). The molecular formula is C7H7ClN2O4. The highest BCUT2D eigenvalue weighted by atomic mass is 35.5. The zero-order valence-corrected chi connectivity index (χ0v) is 8.24. The minimum absolute atomic E-state index is 0.0889. The molecule has 76 valence electrons. The zero-order chi connectivity index (χ0) is 10.9. The van der Waals surface area contributed by atoms with E-state index in [0.717, 1.165) is 6.20 Å². The van der Waals surface area contributed by atoms with Gasteiger partial charge in [0.15, 0.2) is 0 Å². The number of methoxy groups -OCH3 is 1. The van der Waals surface area contributed by atoms with Crippen LogP contribution >= 0.6 is 11.6 Å². The number of hydrogen-bond donors (Lipinski definition) is 0. The molecular weight excluding hydrogens is 212 g/mol. The maximum atomic E-state index is 11.1. The fourth-order valence-corrected chi connectivity index (χ4v) is 1.19. The molecule has 1 heterocycles. The summed E-state index contributed by atoms with van der Waals surface area (Å²) in [5.41, 5.74) is -0.199. The number of rotatable bonds is 2. The Balaban J connectivity index is 3.53. The van der Waals surface area contributed by atoms with Crippen LogP contribution in [-0.4, -0.2) is 12.0 Å². The first kappa shape index (κ1) is 10.5. The largest absolute Gasteiger partial charge is 0.618 e. The number of hydrogen-bond acceptors (Lipinski definition) is 4. The van der Waals surface area contributed by atoms with Crippen molar-refractivity contribution in [2.24, 2.45) is 0 Å². The first-order valence-electron chi connectivity index (χ1n) is 3.59. The third-order valence-corrected chi connectivity index (χ3v) is 2.18. The Morgan fingerprint density at radius 2 is 2.21 bits per heavy atom. The predicted octanol–water partition coefficient (Wildman–Crippen LogP) is 1.20. The summed E-state index contributed by atoms with van der Waals surface area (Å²) in [4.78, 5) is 9.98. The van der Waals surface area contributed by atoms with Crippen LogP contribution in [0, 0.1) is 22.2 Å². The Bertz CT molecular complexity index is 394. The SMILES string of the molecule is COc1c[n+]([O-])c(Cl)c(C)c1[N+](=O)[O-]. The molecule has 0 radical (unpaired) electrons. The molecule has 0 aliphatic carbocycles. The first-order valence-corrected chi connectivity index (χ1v) is 3.97. The Morgan fingerprint density at radius 1 is 1.64 bits per heavy atom. The summed E-state index contributed by atoms with van der Waals surface area (Å²) in [6, 6.07) is 0. The molecule has 1 aromatic heterocycles. The maximum absolute atomic E-state index is 11.1. The Kier molecular flexibility index (Phi) is 2.76. The van der Waals surface area contributed by atoms with E-state index in [9.17, 15) is 15.3 Å². The minimum Gasteiger partial charge on any atom is -0.618 e. The van der Waals surface area contributed by atoms with E-state index in [1.54, 1.807) is 0 Å². The molecule has 0 unspecified atom stereocenters. The van der Waals surface area contributed by atoms with Crippen LogP contribution in [-0.2, 0) is 0 Å². The van der Waals surface area contributed by atoms with E-state index < -0.39 is 4.92 Å². The fraction of sp³-hybridized carbons (Fsp3) is 0.286. The summed E-state index contributed by atoms with van der Waals surface area (Å²) in [7, 11) is 1.25. The average Bonchev–Trinajstić information content (AvgIpc) is 2.12. The summed E-state index contributed by atoms with van der Waals surface area (Å²) in [5.74, 6) is -0.105. The van der Waals surface area contributed by atoms with Crippen LogP contribution in [0.2, 0.25) is 5.15 Å². The van der Waals surface area contributed by atoms with E-state index in [1.807, 2.05) is 0 Å². The quantitative estimate of drug-likeness (QED) is 0.246. The minimum atomic E-state index is -0.639. The molecule has 0 N–H and O–H groups in total. The number of nitrogens with zero attached hydrogens (tertiary/aromatic N) is 2. The van der Waals surface area contributed by atoms with Gasteiger partial charge in [-0.15, -0.1) is 0 Å². The van der Waals surface area contributed by atoms with Gasteiger partial charge in [0.25, 0.3) is 10.9 Å². The van der Waals surface area contributed by atoms with Crippen LogP contribution in [0.1, 0.15) is 5.56 Å². The second-order valence-corrected chi connectivity index (χ2v) is 2.90. The highest BCUT2D eigenvalue weighted by Gasteiger charge is 2.27. The van der Waals surface area contributed by atoms with Crippen molar-refractivity contribution in [3.05, 3.63) is 32.2 Å². The second kappa shape index (κ2) is 3.67. The van der Waals surface area contributed by atoms with Gasteiger partial charge in [-0.05, 0) is 18.5 Å². The Hall–Kier alpha value is -1.56. The number of halogens is 1. The van der Waals surface area contributed by atoms with Crippen LogP contribution in [0.5, 0.6) is 5.75 Å². The van der Waals surface area contributed by atoms with E-state index >= 15 is 0 Å². The number of nitro groups is 1. The van der Waals surface area contributed by atoms with Crippen molar-refractivity contribution in [1.29, 1.82) is 0 Å². The lowest BCUT2D eigenvalue weighted by Crippen LogP contribution is -2.28. The lowest BCUT2D eigenvalue weighted by molar-refractivity contribution is -0.604. The number of ether oxygens (including phenoxy) is 1. The normalized spacial score (nSPS) is 9.93. The van der Waals surface area contributed by atoms with Gasteiger partial charge in [0.2, 0.25) is 6.20 Å². The van der Waals surface area contributed by atoms with Crippen molar-refractivity contribution in [2.75, 3.05) is 7.11 Å². The Morgan fingerprint density at radius 3 is 2.64 bits per heavy atom. The van der Waals surface area contributed by atoms with Gasteiger partial charge < -0.3 is 9.94 Å². The van der Waals surface area contributed by atoms with Crippen molar-refractivity contribution in [1.82, 2.24) is 0 Å². The molecule has 0 aliphatic heterocycles. The molecule has 0 spiro atoms. The molecule has 6 nitrogen and oxygen atoms in total. The molecule has 0 bridgehead atoms. The topological polar surface area (TPSA) is 79.3 Å². The lowest BCUT2D eigenvalue weighted by Gasteiger charge is -2.05. The monoisotopic (exact) mass is 218 g/mol. The van der Waals surface area contributed by atoms with E-state index in [1.165, 1.54) is 14.0 Å². The first-order chi connectivity index (χ1) is 6.49. The predicted molar refractivity (Wildman–Crippen MR) is 48.4 cm³/mol. The van der Waals surface area contributed by atoms with E-state index in [-0.39, 0.29) is 22.2 Å². The average molecular weight is 219 g/mol. The van der Waals surface area contributed by atoms with Gasteiger partial charge >= 0.3 is 5.69 Å². The molecule has 7 heteroatoms. The second-order valence-electron chi connectivity index (χ2n) is 2.54. The summed E-state index contributed by atoms with van der Waals surface area (Å²) in [6.45, 7) is 1.39. The molecule has 0 saturated carbocycles. The van der Waals surface area contributed by atoms with Gasteiger partial charge in [-0.3, -0.25) is 10.1 Å². The molecule has 14 heavy (non-hydrogen) atoms. The molecule has 0 atom stereocenters. The van der Waals surface area contributed by atoms with Crippen LogP contribution in [0.15, 0.2) is 6.20 Å². The third-order valence-electron chi connectivity index (χ3n) is 1.73. The van der Waals surface area contributed by atoms with Gasteiger partial charge in [-0.1, -0.05) is 0 Å². The fourth-order valence-electron chi connectivity index (χ4n) is 1.05. The van der Waals surface area contributed by atoms with Crippen LogP contribution in [0.3, 0.4) is 0 Å². The molecule has 0 fully saturated rings. The standard InChI is InChI=1S/C7H7ClN2O4/c1-4-6(10(12)13)5(14-2)3-9(11)7(4)8/h3H,1-2H3. The summed E-state index contributed by atoms with van der Waals surface area (Å²) >= 11 is 5.55. The molecule has 0 aromatic carbocycles. The molecule has 0 aliphatic rings. The van der Waals surface area contributed by atoms with Crippen LogP contribution < -0.4 is 9.47 Å². The van der Waals surface area contributed by atoms with Gasteiger partial charge in [0.1, 0.15) is 5.56 Å². The summed E-state index contributed by atoms with van der Waals surface area (Å²) in [5, 5.41) is 21.5. The highest BCUT2D eigenvalue weighted by molar-refractivity contribution is 6.29. The van der Waals surface area contributed by atoms with Gasteiger partial charge in [0.05, 0.1) is 12.0 Å². The van der Waals surface area contributed by atoms with E-state index in [4.69, 9.17) is 16.3 Å². The highest BCUT2D eigenvalue weighted by Crippen LogP contribution is 2.31. The van der Waals surface area contributed by atoms with Crippen molar-refractivity contribution in [3.8, 4) is 5.75 Å². The number of aromatic nitrogens is 1. The van der Waals surface area contributed by atoms with Gasteiger partial charge in [-0.2, -0.15) is 4.73 Å². The van der Waals surface area contributed by atoms with Crippen LogP contribution in [0.4, 0.5) is 5.69 Å². The van der Waals surface area contributed by atoms with Crippen molar-refractivity contribution < 1.29 is 14.4 Å². The van der Waals surface area contributed by atoms with Gasteiger partial charge in [-0.25, -0.2) is 0 Å². The maximum Gasteiger partial charge on any atom is 0.327 e. The third kappa shape index (κ3) is 1.56. The lowest BCUT2D eigenvalue weighted by atomic mass is 10.2. The smallest absolute Gasteiger partial charge is 0.327 e. The molecule has 0 saturated heterocycles. The van der Waals surface area contributed by atoms with Crippen molar-refractivity contribution in [2.45, 2.75) is 6.92 Å². The molecule has 1 aromatic rings.